The molecule has 3 rings (SSSR count). The van der Waals surface area contributed by atoms with Crippen LogP contribution in [0.25, 0.3) is 10.6 Å². The summed E-state index contributed by atoms with van der Waals surface area (Å²) in [6, 6.07) is 11.7. The average molecular weight is 400 g/mol. The number of hydrogen-bond donors (Lipinski definition) is 2. The fourth-order valence-electron chi connectivity index (χ4n) is 2.34. The number of nitrogens with zero attached hydrogens (tertiary/aromatic N) is 2. The maximum atomic E-state index is 13.2. The van der Waals surface area contributed by atoms with E-state index in [9.17, 15) is 14.0 Å². The Hall–Kier alpha value is -3.33. The van der Waals surface area contributed by atoms with Crippen LogP contribution in [0, 0.1) is 5.82 Å². The molecule has 0 aliphatic rings. The molecule has 2 aromatic carbocycles. The summed E-state index contributed by atoms with van der Waals surface area (Å²) in [7, 11) is 1.57. The van der Waals surface area contributed by atoms with E-state index in [1.807, 2.05) is 24.3 Å². The van der Waals surface area contributed by atoms with E-state index in [4.69, 9.17) is 4.74 Å². The molecule has 0 unspecified atom stereocenters. The van der Waals surface area contributed by atoms with E-state index in [0.29, 0.717) is 15.9 Å². The third-order valence-electron chi connectivity index (χ3n) is 3.80. The first-order valence-corrected chi connectivity index (χ1v) is 9.13. The normalized spacial score (nSPS) is 11.5. The average Bonchev–Trinajstić information content (AvgIpc) is 3.16. The van der Waals surface area contributed by atoms with Crippen molar-refractivity contribution in [1.82, 2.24) is 15.5 Å². The van der Waals surface area contributed by atoms with Gasteiger partial charge >= 0.3 is 0 Å². The smallest absolute Gasteiger partial charge is 0.252 e. The van der Waals surface area contributed by atoms with Crippen LogP contribution >= 0.6 is 11.3 Å². The van der Waals surface area contributed by atoms with Crippen LogP contribution in [0.15, 0.2) is 48.5 Å². The van der Waals surface area contributed by atoms with Crippen molar-refractivity contribution in [2.45, 2.75) is 13.0 Å². The second-order valence-electron chi connectivity index (χ2n) is 5.84. The van der Waals surface area contributed by atoms with Crippen molar-refractivity contribution in [3.05, 3.63) is 59.9 Å². The molecule has 28 heavy (non-hydrogen) atoms. The summed E-state index contributed by atoms with van der Waals surface area (Å²) in [6.45, 7) is 1.52. The Bertz CT molecular complexity index is 1010. The summed E-state index contributed by atoms with van der Waals surface area (Å²) < 4.78 is 18.4. The molecule has 0 aliphatic heterocycles. The Morgan fingerprint density at radius 1 is 1.14 bits per heavy atom. The minimum Gasteiger partial charge on any atom is -0.497 e. The molecule has 7 nitrogen and oxygen atoms in total. The maximum Gasteiger partial charge on any atom is 0.252 e. The largest absolute Gasteiger partial charge is 0.497 e. The van der Waals surface area contributed by atoms with Crippen molar-refractivity contribution in [3.8, 4) is 16.3 Å². The van der Waals surface area contributed by atoms with Crippen LogP contribution in [-0.4, -0.2) is 35.2 Å². The van der Waals surface area contributed by atoms with Crippen molar-refractivity contribution in [2.24, 2.45) is 0 Å². The first kappa shape index (κ1) is 19.4. The number of carbonyl (C=O) groups is 2. The molecule has 9 heteroatoms. The van der Waals surface area contributed by atoms with Gasteiger partial charge in [-0.1, -0.05) is 29.5 Å². The number of rotatable bonds is 6. The summed E-state index contributed by atoms with van der Waals surface area (Å²) in [5.41, 5.74) is 0.945. The molecule has 2 N–H and O–H groups in total. The summed E-state index contributed by atoms with van der Waals surface area (Å²) >= 11 is 1.20. The molecule has 3 aromatic rings. The van der Waals surface area contributed by atoms with Gasteiger partial charge in [0.2, 0.25) is 11.0 Å². The van der Waals surface area contributed by atoms with Crippen molar-refractivity contribution in [3.63, 3.8) is 0 Å². The van der Waals surface area contributed by atoms with Gasteiger partial charge in [0.05, 0.1) is 7.11 Å². The number of ether oxygens (including phenoxy) is 1. The van der Waals surface area contributed by atoms with Crippen molar-refractivity contribution < 1.29 is 18.7 Å². The van der Waals surface area contributed by atoms with Gasteiger partial charge in [-0.05, 0) is 37.3 Å². The fraction of sp³-hybridized carbons (Fsp3) is 0.158. The molecule has 0 radical (unpaired) electrons. The molecule has 0 saturated carbocycles. The van der Waals surface area contributed by atoms with Crippen LogP contribution in [0.2, 0.25) is 0 Å². The van der Waals surface area contributed by atoms with Crippen LogP contribution in [0.1, 0.15) is 17.3 Å². The number of carbonyl (C=O) groups excluding carboxylic acids is 2. The van der Waals surface area contributed by atoms with Gasteiger partial charge < -0.3 is 10.1 Å². The molecular weight excluding hydrogens is 383 g/mol. The van der Waals surface area contributed by atoms with E-state index < -0.39 is 23.7 Å². The van der Waals surface area contributed by atoms with Gasteiger partial charge in [0.25, 0.3) is 5.91 Å². The third-order valence-corrected chi connectivity index (χ3v) is 4.69. The van der Waals surface area contributed by atoms with Gasteiger partial charge in [0.1, 0.15) is 22.6 Å². The van der Waals surface area contributed by atoms with Gasteiger partial charge in [0, 0.05) is 11.1 Å². The number of halogens is 1. The number of amides is 2. The Kier molecular flexibility index (Phi) is 5.95. The van der Waals surface area contributed by atoms with Gasteiger partial charge in [-0.2, -0.15) is 0 Å². The standard InChI is InChI=1S/C19H17FN4O3S/c1-11(21-17(26)12-5-3-7-14(20)9-12)16(25)22-19-24-23-18(28-19)13-6-4-8-15(10-13)27-2/h3-11H,1-2H3,(H,21,26)(H,22,24,25)/t11-/m0/s1. The lowest BCUT2D eigenvalue weighted by molar-refractivity contribution is -0.117. The molecule has 0 fully saturated rings. The SMILES string of the molecule is COc1cccc(-c2nnc(NC(=O)[C@H](C)NC(=O)c3cccc(F)c3)s2)c1. The number of nitrogens with one attached hydrogen (secondary N) is 2. The van der Waals surface area contributed by atoms with Crippen molar-refractivity contribution in [1.29, 1.82) is 0 Å². The van der Waals surface area contributed by atoms with E-state index >= 15 is 0 Å². The maximum absolute atomic E-state index is 13.2. The minimum absolute atomic E-state index is 0.135. The Morgan fingerprint density at radius 2 is 1.93 bits per heavy atom. The topological polar surface area (TPSA) is 93.2 Å². The van der Waals surface area contributed by atoms with Crippen LogP contribution in [0.5, 0.6) is 5.75 Å². The molecule has 0 saturated heterocycles. The highest BCUT2D eigenvalue weighted by molar-refractivity contribution is 7.18. The summed E-state index contributed by atoms with van der Waals surface area (Å²) in [5.74, 6) is -0.842. The first-order chi connectivity index (χ1) is 13.5. The number of methoxy groups -OCH3 is 1. The number of benzene rings is 2. The predicted octanol–water partition coefficient (Wildman–Crippen LogP) is 3.11. The second kappa shape index (κ2) is 8.57. The monoisotopic (exact) mass is 400 g/mol. The van der Waals surface area contributed by atoms with Gasteiger partial charge in [-0.3, -0.25) is 14.9 Å². The Balaban J connectivity index is 1.63. The lowest BCUT2D eigenvalue weighted by atomic mass is 10.2. The highest BCUT2D eigenvalue weighted by Crippen LogP contribution is 2.28. The molecule has 1 heterocycles. The summed E-state index contributed by atoms with van der Waals surface area (Å²) in [6.07, 6.45) is 0. The fourth-order valence-corrected chi connectivity index (χ4v) is 3.08. The van der Waals surface area contributed by atoms with E-state index in [2.05, 4.69) is 20.8 Å². The lowest BCUT2D eigenvalue weighted by Crippen LogP contribution is -2.41. The second-order valence-corrected chi connectivity index (χ2v) is 6.82. The molecule has 2 amide bonds. The van der Waals surface area contributed by atoms with Gasteiger partial charge in [-0.15, -0.1) is 10.2 Å². The quantitative estimate of drug-likeness (QED) is 0.663. The van der Waals surface area contributed by atoms with Crippen LogP contribution in [0.4, 0.5) is 9.52 Å². The molecule has 144 valence electrons. The molecular formula is C19H17FN4O3S. The van der Waals surface area contributed by atoms with Crippen LogP contribution < -0.4 is 15.4 Å². The number of anilines is 1. The first-order valence-electron chi connectivity index (χ1n) is 8.31. The van der Waals surface area contributed by atoms with Crippen molar-refractivity contribution in [2.75, 3.05) is 12.4 Å². The highest BCUT2D eigenvalue weighted by atomic mass is 32.1. The number of hydrogen-bond acceptors (Lipinski definition) is 6. The van der Waals surface area contributed by atoms with Gasteiger partial charge in [0.15, 0.2) is 0 Å². The Labute approximate surface area is 164 Å². The highest BCUT2D eigenvalue weighted by Gasteiger charge is 2.19. The molecule has 1 atom stereocenters. The minimum atomic E-state index is -0.847. The molecule has 0 bridgehead atoms. The predicted molar refractivity (Wildman–Crippen MR) is 104 cm³/mol. The zero-order chi connectivity index (χ0) is 20.1. The van der Waals surface area contributed by atoms with E-state index in [1.165, 1.54) is 36.5 Å². The molecule has 1 aromatic heterocycles. The van der Waals surface area contributed by atoms with Gasteiger partial charge in [-0.25, -0.2) is 4.39 Å². The van der Waals surface area contributed by atoms with E-state index in [0.717, 1.165) is 11.6 Å². The molecule has 0 aliphatic carbocycles. The van der Waals surface area contributed by atoms with Crippen LogP contribution in [-0.2, 0) is 4.79 Å². The Morgan fingerprint density at radius 3 is 2.68 bits per heavy atom. The van der Waals surface area contributed by atoms with E-state index in [-0.39, 0.29) is 5.56 Å². The summed E-state index contributed by atoms with van der Waals surface area (Å²) in [4.78, 5) is 24.4. The summed E-state index contributed by atoms with van der Waals surface area (Å²) in [5, 5.41) is 14.1. The number of aromatic nitrogens is 2. The molecule has 0 spiro atoms. The lowest BCUT2D eigenvalue weighted by Gasteiger charge is -2.12. The van der Waals surface area contributed by atoms with Crippen molar-refractivity contribution >= 4 is 28.3 Å². The van der Waals surface area contributed by atoms with E-state index in [1.54, 1.807) is 7.11 Å². The third kappa shape index (κ3) is 4.68. The zero-order valence-electron chi connectivity index (χ0n) is 15.1. The zero-order valence-corrected chi connectivity index (χ0v) is 15.9. The van der Waals surface area contributed by atoms with Crippen LogP contribution in [0.3, 0.4) is 0 Å².